The zero-order valence-electron chi connectivity index (χ0n) is 16.9. The van der Waals surface area contributed by atoms with Crippen molar-refractivity contribution >= 4 is 34.2 Å². The summed E-state index contributed by atoms with van der Waals surface area (Å²) in [6.45, 7) is 6.09. The second kappa shape index (κ2) is 10.2. The summed E-state index contributed by atoms with van der Waals surface area (Å²) >= 11 is 1.37. The smallest absolute Gasteiger partial charge is 0.289 e. The topological polar surface area (TPSA) is 113 Å². The van der Waals surface area contributed by atoms with Gasteiger partial charge in [0.25, 0.3) is 5.91 Å². The van der Waals surface area contributed by atoms with Gasteiger partial charge in [-0.3, -0.25) is 25.2 Å². The van der Waals surface area contributed by atoms with Crippen LogP contribution in [0.5, 0.6) is 0 Å². The number of aryl methyl sites for hydroxylation is 1. The standard InChI is InChI=1S/C20H25N5O4S/c1-13-3-5-15(6-4-13)16(21-14(2)26)11-18(27)23-24-19(28)17-12-30-20(22-17)25-7-9-29-10-8-25/h3-6,12,16H,7-11H2,1-2H3,(H,21,26)(H,23,27)(H,24,28). The van der Waals surface area contributed by atoms with Crippen LogP contribution in [0.3, 0.4) is 0 Å². The first-order chi connectivity index (χ1) is 14.4. The number of amides is 3. The average molecular weight is 432 g/mol. The van der Waals surface area contributed by atoms with Crippen LogP contribution in [-0.4, -0.2) is 49.0 Å². The number of rotatable bonds is 6. The molecule has 3 rings (SSSR count). The van der Waals surface area contributed by atoms with Crippen LogP contribution in [-0.2, 0) is 14.3 Å². The Bertz CT molecular complexity index is 893. The summed E-state index contributed by atoms with van der Waals surface area (Å²) in [5, 5.41) is 5.17. The predicted octanol–water partition coefficient (Wildman–Crippen LogP) is 1.32. The van der Waals surface area contributed by atoms with E-state index in [9.17, 15) is 14.4 Å². The molecular weight excluding hydrogens is 406 g/mol. The van der Waals surface area contributed by atoms with Crippen LogP contribution < -0.4 is 21.1 Å². The molecule has 1 aromatic heterocycles. The van der Waals surface area contributed by atoms with Crippen LogP contribution in [0.1, 0.15) is 41.0 Å². The number of thiazole rings is 1. The molecule has 160 valence electrons. The Morgan fingerprint density at radius 2 is 1.87 bits per heavy atom. The van der Waals surface area contributed by atoms with Gasteiger partial charge in [0.2, 0.25) is 11.8 Å². The lowest BCUT2D eigenvalue weighted by atomic mass is 10.0. The predicted molar refractivity (Wildman–Crippen MR) is 113 cm³/mol. The summed E-state index contributed by atoms with van der Waals surface area (Å²) in [5.41, 5.74) is 6.91. The molecule has 1 atom stereocenters. The van der Waals surface area contributed by atoms with Gasteiger partial charge in [0, 0.05) is 25.4 Å². The summed E-state index contributed by atoms with van der Waals surface area (Å²) in [6, 6.07) is 7.07. The van der Waals surface area contributed by atoms with Crippen molar-refractivity contribution in [2.24, 2.45) is 0 Å². The number of nitrogens with zero attached hydrogens (tertiary/aromatic N) is 2. The largest absolute Gasteiger partial charge is 0.378 e. The minimum absolute atomic E-state index is 0.0149. The fourth-order valence-electron chi connectivity index (χ4n) is 2.99. The third-order valence-corrected chi connectivity index (χ3v) is 5.47. The molecule has 3 amide bonds. The highest BCUT2D eigenvalue weighted by Crippen LogP contribution is 2.21. The number of aromatic nitrogens is 1. The molecule has 9 nitrogen and oxygen atoms in total. The van der Waals surface area contributed by atoms with Crippen LogP contribution in [0, 0.1) is 6.92 Å². The first-order valence-electron chi connectivity index (χ1n) is 9.63. The molecule has 1 unspecified atom stereocenters. The van der Waals surface area contributed by atoms with Gasteiger partial charge in [-0.15, -0.1) is 11.3 Å². The molecule has 0 bridgehead atoms. The molecule has 1 aromatic carbocycles. The van der Waals surface area contributed by atoms with E-state index < -0.39 is 17.9 Å². The molecule has 0 aliphatic carbocycles. The summed E-state index contributed by atoms with van der Waals surface area (Å²) < 4.78 is 5.32. The number of anilines is 1. The number of carbonyl (C=O) groups excluding carboxylic acids is 3. The molecule has 1 aliphatic heterocycles. The zero-order valence-corrected chi connectivity index (χ0v) is 17.8. The van der Waals surface area contributed by atoms with E-state index in [1.165, 1.54) is 18.3 Å². The lowest BCUT2D eigenvalue weighted by Gasteiger charge is -2.25. The molecule has 1 aliphatic rings. The average Bonchev–Trinajstić information content (AvgIpc) is 3.23. The number of benzene rings is 1. The van der Waals surface area contributed by atoms with Gasteiger partial charge in [-0.25, -0.2) is 4.98 Å². The van der Waals surface area contributed by atoms with Gasteiger partial charge in [-0.05, 0) is 12.5 Å². The van der Waals surface area contributed by atoms with E-state index in [4.69, 9.17) is 4.74 Å². The molecule has 3 N–H and O–H groups in total. The van der Waals surface area contributed by atoms with Crippen molar-refractivity contribution in [3.8, 4) is 0 Å². The molecule has 1 saturated heterocycles. The van der Waals surface area contributed by atoms with Gasteiger partial charge < -0.3 is 15.0 Å². The van der Waals surface area contributed by atoms with Gasteiger partial charge >= 0.3 is 0 Å². The summed E-state index contributed by atoms with van der Waals surface area (Å²) in [4.78, 5) is 42.6. The molecule has 2 heterocycles. The zero-order chi connectivity index (χ0) is 21.5. The molecule has 30 heavy (non-hydrogen) atoms. The van der Waals surface area contributed by atoms with Crippen molar-refractivity contribution in [1.29, 1.82) is 0 Å². The monoisotopic (exact) mass is 431 g/mol. The molecule has 1 fully saturated rings. The quantitative estimate of drug-likeness (QED) is 0.595. The van der Waals surface area contributed by atoms with Crippen molar-refractivity contribution in [2.75, 3.05) is 31.2 Å². The summed E-state index contributed by atoms with van der Waals surface area (Å²) in [7, 11) is 0. The van der Waals surface area contributed by atoms with Crippen molar-refractivity contribution < 1.29 is 19.1 Å². The molecule has 10 heteroatoms. The minimum atomic E-state index is -0.495. The van der Waals surface area contributed by atoms with E-state index in [0.717, 1.165) is 29.3 Å². The first-order valence-corrected chi connectivity index (χ1v) is 10.5. The Hall–Kier alpha value is -2.98. The fourth-order valence-corrected chi connectivity index (χ4v) is 3.85. The summed E-state index contributed by atoms with van der Waals surface area (Å²) in [5.74, 6) is -1.16. The fraction of sp³-hybridized carbons (Fsp3) is 0.400. The highest BCUT2D eigenvalue weighted by molar-refractivity contribution is 7.13. The Labute approximate surface area is 178 Å². The lowest BCUT2D eigenvalue weighted by molar-refractivity contribution is -0.123. The third kappa shape index (κ3) is 6.01. The molecular formula is C20H25N5O4S. The van der Waals surface area contributed by atoms with Crippen LogP contribution in [0.4, 0.5) is 5.13 Å². The summed E-state index contributed by atoms with van der Waals surface area (Å²) in [6.07, 6.45) is -0.0149. The van der Waals surface area contributed by atoms with E-state index in [-0.39, 0.29) is 18.0 Å². The van der Waals surface area contributed by atoms with Gasteiger partial charge in [0.1, 0.15) is 5.69 Å². The third-order valence-electron chi connectivity index (χ3n) is 4.57. The van der Waals surface area contributed by atoms with Gasteiger partial charge in [-0.1, -0.05) is 29.8 Å². The molecule has 0 radical (unpaired) electrons. The van der Waals surface area contributed by atoms with E-state index in [1.54, 1.807) is 5.38 Å². The van der Waals surface area contributed by atoms with Gasteiger partial charge in [0.15, 0.2) is 5.13 Å². The van der Waals surface area contributed by atoms with Crippen LogP contribution in [0.25, 0.3) is 0 Å². The van der Waals surface area contributed by atoms with Crippen molar-refractivity contribution in [2.45, 2.75) is 26.3 Å². The highest BCUT2D eigenvalue weighted by Gasteiger charge is 2.20. The number of nitrogens with one attached hydrogen (secondary N) is 3. The number of ether oxygens (including phenoxy) is 1. The number of carbonyl (C=O) groups is 3. The minimum Gasteiger partial charge on any atom is -0.378 e. The van der Waals surface area contributed by atoms with E-state index in [0.29, 0.717) is 13.2 Å². The van der Waals surface area contributed by atoms with E-state index >= 15 is 0 Å². The second-order valence-corrected chi connectivity index (χ2v) is 7.82. The molecule has 2 aromatic rings. The van der Waals surface area contributed by atoms with Crippen molar-refractivity contribution in [3.05, 3.63) is 46.5 Å². The highest BCUT2D eigenvalue weighted by atomic mass is 32.1. The SMILES string of the molecule is CC(=O)NC(CC(=O)NNC(=O)c1csc(N2CCOCC2)n1)c1ccc(C)cc1. The number of hydrogen-bond donors (Lipinski definition) is 3. The van der Waals surface area contributed by atoms with E-state index in [2.05, 4.69) is 26.1 Å². The number of hydrogen-bond acceptors (Lipinski definition) is 7. The maximum absolute atomic E-state index is 12.3. The van der Waals surface area contributed by atoms with Gasteiger partial charge in [-0.2, -0.15) is 0 Å². The maximum Gasteiger partial charge on any atom is 0.289 e. The van der Waals surface area contributed by atoms with Crippen LogP contribution in [0.2, 0.25) is 0 Å². The van der Waals surface area contributed by atoms with Crippen molar-refractivity contribution in [3.63, 3.8) is 0 Å². The molecule has 0 spiro atoms. The van der Waals surface area contributed by atoms with Crippen molar-refractivity contribution in [1.82, 2.24) is 21.2 Å². The van der Waals surface area contributed by atoms with Gasteiger partial charge in [0.05, 0.1) is 25.7 Å². The second-order valence-electron chi connectivity index (χ2n) is 6.98. The van der Waals surface area contributed by atoms with Crippen LogP contribution >= 0.6 is 11.3 Å². The number of hydrazine groups is 1. The normalized spacial score (nSPS) is 14.7. The van der Waals surface area contributed by atoms with E-state index in [1.807, 2.05) is 31.2 Å². The Kier molecular flexibility index (Phi) is 7.36. The lowest BCUT2D eigenvalue weighted by Crippen LogP contribution is -2.43. The first kappa shape index (κ1) is 21.7. The Morgan fingerprint density at radius 3 is 2.53 bits per heavy atom. The number of morpholine rings is 1. The Balaban J connectivity index is 1.54. The molecule has 0 saturated carbocycles. The van der Waals surface area contributed by atoms with Crippen LogP contribution in [0.15, 0.2) is 29.6 Å². The Morgan fingerprint density at radius 1 is 1.17 bits per heavy atom. The maximum atomic E-state index is 12.3.